The van der Waals surface area contributed by atoms with Gasteiger partial charge in [0.15, 0.2) is 5.56 Å². The van der Waals surface area contributed by atoms with Crippen LogP contribution in [-0.2, 0) is 11.2 Å². The predicted molar refractivity (Wildman–Crippen MR) is 108 cm³/mol. The first kappa shape index (κ1) is 20.5. The molecule has 0 N–H and O–H groups in total. The third-order valence-corrected chi connectivity index (χ3v) is 5.03. The van der Waals surface area contributed by atoms with Gasteiger partial charge in [-0.3, -0.25) is 10.1 Å². The average Bonchev–Trinajstić information content (AvgIpc) is 3.07. The van der Waals surface area contributed by atoms with E-state index in [2.05, 4.69) is 20.9 Å². The van der Waals surface area contributed by atoms with Crippen molar-refractivity contribution in [3.63, 3.8) is 0 Å². The molecular weight excluding hydrogens is 444 g/mol. The SMILES string of the molecule is COC(=O)c1c([N+](=O)[O-])ccc(Br)c1-c1nc(C)c(Cc2ccccc2OC)o1. The fraction of sp³-hybridized carbons (Fsp3) is 0.200. The number of aromatic nitrogens is 1. The number of carbonyl (C=O) groups is 1. The zero-order valence-electron chi connectivity index (χ0n) is 15.9. The van der Waals surface area contributed by atoms with Gasteiger partial charge < -0.3 is 13.9 Å². The molecule has 0 saturated carbocycles. The number of nitro groups is 1. The summed E-state index contributed by atoms with van der Waals surface area (Å²) in [6, 6.07) is 10.2. The van der Waals surface area contributed by atoms with Gasteiger partial charge in [0.25, 0.3) is 5.69 Å². The number of ether oxygens (including phenoxy) is 2. The lowest BCUT2D eigenvalue weighted by Crippen LogP contribution is -2.08. The summed E-state index contributed by atoms with van der Waals surface area (Å²) >= 11 is 3.34. The number of nitrogens with zero attached hydrogens (tertiary/aromatic N) is 2. The highest BCUT2D eigenvalue weighted by Gasteiger charge is 2.30. The first-order chi connectivity index (χ1) is 13.9. The Morgan fingerprint density at radius 1 is 1.24 bits per heavy atom. The zero-order valence-corrected chi connectivity index (χ0v) is 17.5. The van der Waals surface area contributed by atoms with Gasteiger partial charge in [0, 0.05) is 22.5 Å². The first-order valence-electron chi connectivity index (χ1n) is 8.51. The minimum absolute atomic E-state index is 0.0865. The smallest absolute Gasteiger partial charge is 0.345 e. The largest absolute Gasteiger partial charge is 0.496 e. The van der Waals surface area contributed by atoms with E-state index in [1.807, 2.05) is 24.3 Å². The summed E-state index contributed by atoms with van der Waals surface area (Å²) < 4.78 is 16.5. The molecule has 1 aromatic heterocycles. The van der Waals surface area contributed by atoms with Gasteiger partial charge in [0.2, 0.25) is 5.89 Å². The topological polar surface area (TPSA) is 105 Å². The standard InChI is InChI=1S/C20H17BrN2O6/c1-11-16(10-12-6-4-5-7-15(12)27-2)29-19(22-11)17-13(21)8-9-14(23(25)26)18(17)20(24)28-3/h4-9H,10H2,1-3H3. The van der Waals surface area contributed by atoms with Gasteiger partial charge in [-0.15, -0.1) is 0 Å². The molecule has 0 saturated heterocycles. The lowest BCUT2D eigenvalue weighted by Gasteiger charge is -2.08. The maximum Gasteiger partial charge on any atom is 0.345 e. The van der Waals surface area contributed by atoms with Gasteiger partial charge in [-0.25, -0.2) is 9.78 Å². The van der Waals surface area contributed by atoms with Gasteiger partial charge in [-0.2, -0.15) is 0 Å². The van der Waals surface area contributed by atoms with Crippen LogP contribution in [-0.4, -0.2) is 30.1 Å². The molecule has 0 bridgehead atoms. The monoisotopic (exact) mass is 460 g/mol. The van der Waals surface area contributed by atoms with Crippen LogP contribution in [0.25, 0.3) is 11.5 Å². The number of halogens is 1. The lowest BCUT2D eigenvalue weighted by atomic mass is 10.1. The van der Waals surface area contributed by atoms with E-state index in [4.69, 9.17) is 13.9 Å². The van der Waals surface area contributed by atoms with Crippen LogP contribution in [0.4, 0.5) is 5.69 Å². The van der Waals surface area contributed by atoms with Crippen molar-refractivity contribution in [2.45, 2.75) is 13.3 Å². The van der Waals surface area contributed by atoms with Crippen molar-refractivity contribution in [1.29, 1.82) is 0 Å². The van der Waals surface area contributed by atoms with Gasteiger partial charge in [0.05, 0.1) is 30.4 Å². The van der Waals surface area contributed by atoms with Gasteiger partial charge in [0.1, 0.15) is 11.5 Å². The minimum atomic E-state index is -0.852. The molecule has 3 rings (SSSR count). The minimum Gasteiger partial charge on any atom is -0.496 e. The molecule has 0 spiro atoms. The third kappa shape index (κ3) is 4.00. The predicted octanol–water partition coefficient (Wildman–Crippen LogP) is 4.71. The van der Waals surface area contributed by atoms with E-state index in [1.54, 1.807) is 14.0 Å². The van der Waals surface area contributed by atoms with Crippen LogP contribution in [0.2, 0.25) is 0 Å². The molecule has 1 heterocycles. The van der Waals surface area contributed by atoms with Crippen LogP contribution in [0.15, 0.2) is 45.3 Å². The van der Waals surface area contributed by atoms with Gasteiger partial charge in [-0.1, -0.05) is 18.2 Å². The summed E-state index contributed by atoms with van der Waals surface area (Å²) in [5, 5.41) is 11.4. The highest BCUT2D eigenvalue weighted by Crippen LogP contribution is 2.38. The van der Waals surface area contributed by atoms with Crippen LogP contribution in [0.5, 0.6) is 5.75 Å². The van der Waals surface area contributed by atoms with Crippen molar-refractivity contribution in [1.82, 2.24) is 4.98 Å². The average molecular weight is 461 g/mol. The normalized spacial score (nSPS) is 10.6. The summed E-state index contributed by atoms with van der Waals surface area (Å²) in [5.41, 5.74) is 1.04. The molecule has 0 aliphatic rings. The Balaban J connectivity index is 2.13. The van der Waals surface area contributed by atoms with E-state index in [9.17, 15) is 14.9 Å². The van der Waals surface area contributed by atoms with E-state index >= 15 is 0 Å². The van der Waals surface area contributed by atoms with Crippen LogP contribution in [0.3, 0.4) is 0 Å². The van der Waals surface area contributed by atoms with Crippen LogP contribution >= 0.6 is 15.9 Å². The molecule has 2 aromatic carbocycles. The Hall–Kier alpha value is -3.20. The number of benzene rings is 2. The highest BCUT2D eigenvalue weighted by molar-refractivity contribution is 9.10. The van der Waals surface area contributed by atoms with Crippen LogP contribution in [0, 0.1) is 17.0 Å². The Morgan fingerprint density at radius 3 is 2.62 bits per heavy atom. The van der Waals surface area contributed by atoms with Crippen molar-refractivity contribution in [3.8, 4) is 17.2 Å². The molecule has 0 aliphatic carbocycles. The number of hydrogen-bond donors (Lipinski definition) is 0. The van der Waals surface area contributed by atoms with Crippen molar-refractivity contribution >= 4 is 27.6 Å². The Kier molecular flexibility index (Phi) is 5.97. The van der Waals surface area contributed by atoms with E-state index in [0.29, 0.717) is 28.1 Å². The van der Waals surface area contributed by atoms with E-state index < -0.39 is 16.6 Å². The highest BCUT2D eigenvalue weighted by atomic mass is 79.9. The zero-order chi connectivity index (χ0) is 21.1. The second kappa shape index (κ2) is 8.44. The van der Waals surface area contributed by atoms with Crippen molar-refractivity contribution in [2.75, 3.05) is 14.2 Å². The number of methoxy groups -OCH3 is 2. The van der Waals surface area contributed by atoms with Crippen molar-refractivity contribution in [2.24, 2.45) is 0 Å². The van der Waals surface area contributed by atoms with E-state index in [0.717, 1.165) is 12.7 Å². The lowest BCUT2D eigenvalue weighted by molar-refractivity contribution is -0.385. The molecule has 0 amide bonds. The molecule has 3 aromatic rings. The molecule has 0 atom stereocenters. The maximum absolute atomic E-state index is 12.3. The van der Waals surface area contributed by atoms with Crippen molar-refractivity contribution in [3.05, 3.63) is 73.6 Å². The molecule has 0 unspecified atom stereocenters. The van der Waals surface area contributed by atoms with Crippen molar-refractivity contribution < 1.29 is 23.6 Å². The summed E-state index contributed by atoms with van der Waals surface area (Å²) in [7, 11) is 2.74. The number of carbonyl (C=O) groups excluding carboxylic acids is 1. The molecular formula is C20H17BrN2O6. The Morgan fingerprint density at radius 2 is 1.97 bits per heavy atom. The second-order valence-corrected chi connectivity index (χ2v) is 6.94. The number of nitro benzene ring substituents is 1. The van der Waals surface area contributed by atoms with E-state index in [-0.39, 0.29) is 17.0 Å². The molecule has 0 radical (unpaired) electrons. The summed E-state index contributed by atoms with van der Waals surface area (Å²) in [6.45, 7) is 1.76. The quantitative estimate of drug-likeness (QED) is 0.298. The molecule has 8 nitrogen and oxygen atoms in total. The molecule has 150 valence electrons. The molecule has 29 heavy (non-hydrogen) atoms. The fourth-order valence-electron chi connectivity index (χ4n) is 2.96. The fourth-order valence-corrected chi connectivity index (χ4v) is 3.46. The number of oxazole rings is 1. The van der Waals surface area contributed by atoms with Crippen LogP contribution in [0.1, 0.15) is 27.4 Å². The summed E-state index contributed by atoms with van der Waals surface area (Å²) in [6.07, 6.45) is 0.406. The summed E-state index contributed by atoms with van der Waals surface area (Å²) in [5.74, 6) is 0.494. The molecule has 0 aliphatic heterocycles. The molecule has 0 fully saturated rings. The molecule has 9 heteroatoms. The Labute approximate surface area is 174 Å². The first-order valence-corrected chi connectivity index (χ1v) is 9.30. The second-order valence-electron chi connectivity index (χ2n) is 6.08. The Bertz CT molecular complexity index is 1090. The van der Waals surface area contributed by atoms with Gasteiger partial charge >= 0.3 is 5.97 Å². The number of para-hydroxylation sites is 1. The number of rotatable bonds is 6. The van der Waals surface area contributed by atoms with Gasteiger partial charge in [-0.05, 0) is 35.0 Å². The van der Waals surface area contributed by atoms with E-state index in [1.165, 1.54) is 12.1 Å². The maximum atomic E-state index is 12.3. The number of esters is 1. The van der Waals surface area contributed by atoms with Crippen LogP contribution < -0.4 is 4.74 Å². The number of aryl methyl sites for hydroxylation is 1. The number of hydrogen-bond acceptors (Lipinski definition) is 7. The third-order valence-electron chi connectivity index (χ3n) is 4.37. The summed E-state index contributed by atoms with van der Waals surface area (Å²) in [4.78, 5) is 27.5.